The van der Waals surface area contributed by atoms with Crippen molar-refractivity contribution in [2.45, 2.75) is 0 Å². The number of esters is 1. The molecule has 0 aromatic heterocycles. The molecular formula is C24H19FO5. The van der Waals surface area contributed by atoms with Gasteiger partial charge in [-0.1, -0.05) is 18.2 Å². The maximum atomic E-state index is 13.0. The van der Waals surface area contributed by atoms with Crippen LogP contribution in [0.25, 0.3) is 6.08 Å². The molecule has 0 spiro atoms. The lowest BCUT2D eigenvalue weighted by molar-refractivity contribution is 0.0734. The van der Waals surface area contributed by atoms with E-state index in [4.69, 9.17) is 14.2 Å². The van der Waals surface area contributed by atoms with Crippen LogP contribution < -0.4 is 14.2 Å². The summed E-state index contributed by atoms with van der Waals surface area (Å²) in [7, 11) is 3.01. The molecule has 3 rings (SSSR count). The minimum Gasteiger partial charge on any atom is -0.497 e. The predicted molar refractivity (Wildman–Crippen MR) is 111 cm³/mol. The fourth-order valence-electron chi connectivity index (χ4n) is 2.70. The van der Waals surface area contributed by atoms with Gasteiger partial charge in [-0.2, -0.15) is 0 Å². The number of allylic oxidation sites excluding steroid dienone is 1. The van der Waals surface area contributed by atoms with Crippen LogP contribution in [0.3, 0.4) is 0 Å². The third-order valence-electron chi connectivity index (χ3n) is 4.25. The average molecular weight is 406 g/mol. The lowest BCUT2D eigenvalue weighted by atomic mass is 10.1. The van der Waals surface area contributed by atoms with Gasteiger partial charge in [0.25, 0.3) is 0 Å². The molecule has 0 amide bonds. The summed E-state index contributed by atoms with van der Waals surface area (Å²) in [5.74, 6) is -0.0173. The lowest BCUT2D eigenvalue weighted by Crippen LogP contribution is -2.08. The minimum absolute atomic E-state index is 0.234. The Kier molecular flexibility index (Phi) is 6.60. The number of carbonyl (C=O) groups excluding carboxylic acids is 2. The van der Waals surface area contributed by atoms with Crippen molar-refractivity contribution in [1.29, 1.82) is 0 Å². The number of benzene rings is 3. The molecule has 152 valence electrons. The fourth-order valence-corrected chi connectivity index (χ4v) is 2.70. The second-order valence-electron chi connectivity index (χ2n) is 6.23. The van der Waals surface area contributed by atoms with Crippen molar-refractivity contribution in [3.8, 4) is 17.2 Å². The smallest absolute Gasteiger partial charge is 0.343 e. The number of methoxy groups -OCH3 is 2. The van der Waals surface area contributed by atoms with E-state index >= 15 is 0 Å². The standard InChI is InChI=1S/C24H19FO5/c1-28-19-11-13-23(29-2)21(15-19)22(26)12-6-16-4-3-5-20(14-16)30-24(27)17-7-9-18(25)10-8-17/h3-15H,1-2H3/b12-6+. The van der Waals surface area contributed by atoms with Gasteiger partial charge in [-0.15, -0.1) is 0 Å². The van der Waals surface area contributed by atoms with Crippen LogP contribution in [0.2, 0.25) is 0 Å². The van der Waals surface area contributed by atoms with Crippen molar-refractivity contribution >= 4 is 17.8 Å². The summed E-state index contributed by atoms with van der Waals surface area (Å²) in [6.45, 7) is 0. The predicted octanol–water partition coefficient (Wildman–Crippen LogP) is 4.96. The first-order valence-corrected chi connectivity index (χ1v) is 9.02. The van der Waals surface area contributed by atoms with E-state index in [-0.39, 0.29) is 11.3 Å². The third kappa shape index (κ3) is 5.11. The van der Waals surface area contributed by atoms with E-state index in [1.807, 2.05) is 0 Å². The van der Waals surface area contributed by atoms with Crippen molar-refractivity contribution in [3.05, 3.63) is 95.3 Å². The van der Waals surface area contributed by atoms with Crippen molar-refractivity contribution in [1.82, 2.24) is 0 Å². The highest BCUT2D eigenvalue weighted by molar-refractivity contribution is 6.09. The molecule has 0 atom stereocenters. The molecule has 0 radical (unpaired) electrons. The van der Waals surface area contributed by atoms with Crippen LogP contribution in [0.5, 0.6) is 17.2 Å². The summed E-state index contributed by atoms with van der Waals surface area (Å²) < 4.78 is 28.7. The van der Waals surface area contributed by atoms with Gasteiger partial charge in [-0.25, -0.2) is 9.18 Å². The number of halogens is 1. The van der Waals surface area contributed by atoms with Crippen molar-refractivity contribution in [2.24, 2.45) is 0 Å². The molecule has 0 saturated heterocycles. The van der Waals surface area contributed by atoms with Crippen LogP contribution in [0, 0.1) is 5.82 Å². The highest BCUT2D eigenvalue weighted by Gasteiger charge is 2.12. The minimum atomic E-state index is -0.603. The van der Waals surface area contributed by atoms with Gasteiger partial charge >= 0.3 is 5.97 Å². The molecule has 30 heavy (non-hydrogen) atoms. The summed E-state index contributed by atoms with van der Waals surface area (Å²) in [6.07, 6.45) is 3.01. The molecule has 0 N–H and O–H groups in total. The van der Waals surface area contributed by atoms with E-state index in [9.17, 15) is 14.0 Å². The SMILES string of the molecule is COc1ccc(OC)c(C(=O)/C=C/c2cccc(OC(=O)c3ccc(F)cc3)c2)c1. The lowest BCUT2D eigenvalue weighted by Gasteiger charge is -2.08. The molecule has 0 bridgehead atoms. The zero-order valence-electron chi connectivity index (χ0n) is 16.4. The average Bonchev–Trinajstić information content (AvgIpc) is 2.77. The van der Waals surface area contributed by atoms with Gasteiger partial charge in [0.2, 0.25) is 0 Å². The normalized spacial score (nSPS) is 10.6. The van der Waals surface area contributed by atoms with E-state index in [1.165, 1.54) is 44.6 Å². The van der Waals surface area contributed by atoms with Crippen LogP contribution in [-0.2, 0) is 0 Å². The molecule has 0 fully saturated rings. The second-order valence-corrected chi connectivity index (χ2v) is 6.23. The van der Waals surface area contributed by atoms with Gasteiger partial charge in [-0.3, -0.25) is 4.79 Å². The van der Waals surface area contributed by atoms with Crippen LogP contribution >= 0.6 is 0 Å². The van der Waals surface area contributed by atoms with E-state index in [2.05, 4.69) is 0 Å². The summed E-state index contributed by atoms with van der Waals surface area (Å²) in [4.78, 5) is 24.8. The van der Waals surface area contributed by atoms with Crippen LogP contribution in [0.15, 0.2) is 72.8 Å². The Morgan fingerprint density at radius 1 is 0.867 bits per heavy atom. The third-order valence-corrected chi connectivity index (χ3v) is 4.25. The van der Waals surface area contributed by atoms with Gasteiger partial charge in [0.1, 0.15) is 23.1 Å². The first kappa shape index (κ1) is 20.8. The highest BCUT2D eigenvalue weighted by Crippen LogP contribution is 2.25. The number of carbonyl (C=O) groups is 2. The monoisotopic (exact) mass is 406 g/mol. The molecule has 0 aliphatic rings. The summed E-state index contributed by atoms with van der Waals surface area (Å²) in [5, 5.41) is 0. The van der Waals surface area contributed by atoms with Crippen molar-refractivity contribution < 1.29 is 28.2 Å². The number of ketones is 1. The maximum absolute atomic E-state index is 13.0. The van der Waals surface area contributed by atoms with Gasteiger partial charge in [0.05, 0.1) is 25.3 Å². The molecule has 3 aromatic carbocycles. The Hall–Kier alpha value is -3.93. The van der Waals surface area contributed by atoms with Gasteiger partial charge in [0.15, 0.2) is 5.78 Å². The molecular weight excluding hydrogens is 387 g/mol. The van der Waals surface area contributed by atoms with E-state index in [0.717, 1.165) is 0 Å². The molecule has 3 aromatic rings. The zero-order valence-corrected chi connectivity index (χ0v) is 16.4. The van der Waals surface area contributed by atoms with Gasteiger partial charge in [0, 0.05) is 0 Å². The van der Waals surface area contributed by atoms with Crippen LogP contribution in [-0.4, -0.2) is 26.0 Å². The summed E-state index contributed by atoms with van der Waals surface area (Å²) in [5.41, 5.74) is 1.26. The quantitative estimate of drug-likeness (QED) is 0.240. The van der Waals surface area contributed by atoms with Gasteiger partial charge in [-0.05, 0) is 66.2 Å². The second kappa shape index (κ2) is 9.52. The fraction of sp³-hybridized carbons (Fsp3) is 0.0833. The largest absolute Gasteiger partial charge is 0.497 e. The molecule has 6 heteroatoms. The molecule has 0 aliphatic carbocycles. The van der Waals surface area contributed by atoms with Crippen LogP contribution in [0.1, 0.15) is 26.3 Å². The van der Waals surface area contributed by atoms with Crippen molar-refractivity contribution in [2.75, 3.05) is 14.2 Å². The molecule has 0 aliphatic heterocycles. The summed E-state index contributed by atoms with van der Waals surface area (Å²) >= 11 is 0. The summed E-state index contributed by atoms with van der Waals surface area (Å²) in [6, 6.07) is 16.7. The Balaban J connectivity index is 1.75. The van der Waals surface area contributed by atoms with Gasteiger partial charge < -0.3 is 14.2 Å². The van der Waals surface area contributed by atoms with E-state index in [0.29, 0.717) is 28.4 Å². The number of hydrogen-bond acceptors (Lipinski definition) is 5. The molecule has 0 saturated carbocycles. The number of hydrogen-bond donors (Lipinski definition) is 0. The highest BCUT2D eigenvalue weighted by atomic mass is 19.1. The molecule has 0 unspecified atom stereocenters. The first-order valence-electron chi connectivity index (χ1n) is 9.02. The molecule has 5 nitrogen and oxygen atoms in total. The Morgan fingerprint density at radius 2 is 1.63 bits per heavy atom. The first-order chi connectivity index (χ1) is 14.5. The maximum Gasteiger partial charge on any atom is 0.343 e. The Bertz CT molecular complexity index is 1090. The number of ether oxygens (including phenoxy) is 3. The Labute approximate surface area is 173 Å². The number of rotatable bonds is 7. The molecule has 0 heterocycles. The Morgan fingerprint density at radius 3 is 2.33 bits per heavy atom. The van der Waals surface area contributed by atoms with Crippen molar-refractivity contribution in [3.63, 3.8) is 0 Å². The van der Waals surface area contributed by atoms with E-state index < -0.39 is 11.8 Å². The zero-order chi connectivity index (χ0) is 21.5. The topological polar surface area (TPSA) is 61.8 Å². The van der Waals surface area contributed by atoms with E-state index in [1.54, 1.807) is 48.5 Å². The van der Waals surface area contributed by atoms with Crippen LogP contribution in [0.4, 0.5) is 4.39 Å².